The standard InChI is InChI=1S/C39H49N3O8S/c1-2-28-22-39(28,38(46)41-51(47,48)30-14-15-30)23-34(43)33-20-29-24-42(33)37(45)32(26-10-6-3-7-11-26)21-35(44)49-18-8-4-5-9-25-12-13-27-16-17-40-36(50-29)31(27)19-25/h2,12-13,16-17,19,26,28-30,32-33H,1,3-11,14-15,18,20-24H2,(H,41,46)/t28-,29-,32+,33+,39-/m1/s1. The van der Waals surface area contributed by atoms with Crippen LogP contribution in [0.3, 0.4) is 0 Å². The Kier molecular flexibility index (Phi) is 10.2. The molecule has 0 spiro atoms. The number of sulfonamides is 1. The van der Waals surface area contributed by atoms with E-state index in [1.165, 1.54) is 0 Å². The smallest absolute Gasteiger partial charge is 0.306 e. The predicted molar refractivity (Wildman–Crippen MR) is 190 cm³/mol. The van der Waals surface area contributed by atoms with Gasteiger partial charge in [0.25, 0.3) is 0 Å². The summed E-state index contributed by atoms with van der Waals surface area (Å²) >= 11 is 0. The number of aromatic nitrogens is 1. The lowest BCUT2D eigenvalue weighted by molar-refractivity contribution is -0.152. The normalized spacial score (nSPS) is 29.5. The van der Waals surface area contributed by atoms with Crippen LogP contribution >= 0.6 is 0 Å². The molecular weight excluding hydrogens is 671 g/mol. The number of esters is 1. The Hall–Kier alpha value is -3.80. The molecule has 1 aromatic carbocycles. The van der Waals surface area contributed by atoms with Crippen molar-refractivity contribution in [3.8, 4) is 5.88 Å². The molecule has 1 N–H and O–H groups in total. The lowest BCUT2D eigenvalue weighted by Crippen LogP contribution is -2.48. The minimum atomic E-state index is -3.83. The molecular formula is C39H49N3O8S. The largest absolute Gasteiger partial charge is 0.472 e. The zero-order valence-corrected chi connectivity index (χ0v) is 30.0. The average molecular weight is 720 g/mol. The average Bonchev–Trinajstić information content (AvgIpc) is 4.05. The number of nitrogens with one attached hydrogen (secondary N) is 1. The maximum absolute atomic E-state index is 14.7. The first-order chi connectivity index (χ1) is 24.6. The first-order valence-corrected chi connectivity index (χ1v) is 20.3. The quantitative estimate of drug-likeness (QED) is 0.287. The van der Waals surface area contributed by atoms with E-state index < -0.39 is 50.6 Å². The molecule has 2 aliphatic heterocycles. The van der Waals surface area contributed by atoms with Crippen LogP contribution < -0.4 is 9.46 Å². The highest BCUT2D eigenvalue weighted by Crippen LogP contribution is 2.57. The van der Waals surface area contributed by atoms with Gasteiger partial charge in [-0.15, -0.1) is 6.58 Å². The third-order valence-corrected chi connectivity index (χ3v) is 13.7. The molecule has 51 heavy (non-hydrogen) atoms. The van der Waals surface area contributed by atoms with Gasteiger partial charge in [-0.3, -0.25) is 23.9 Å². The second-order valence-corrected chi connectivity index (χ2v) is 17.4. The third kappa shape index (κ3) is 7.71. The van der Waals surface area contributed by atoms with Crippen LogP contribution in [0.1, 0.15) is 95.5 Å². The summed E-state index contributed by atoms with van der Waals surface area (Å²) in [6.07, 6.45) is 12.0. The van der Waals surface area contributed by atoms with Crippen molar-refractivity contribution in [1.82, 2.24) is 14.6 Å². The minimum absolute atomic E-state index is 0.0170. The van der Waals surface area contributed by atoms with Crippen molar-refractivity contribution in [2.45, 2.75) is 114 Å². The van der Waals surface area contributed by atoms with E-state index in [0.29, 0.717) is 31.7 Å². The highest BCUT2D eigenvalue weighted by Gasteiger charge is 2.61. The number of benzene rings is 1. The number of carbonyl (C=O) groups is 4. The third-order valence-electron chi connectivity index (χ3n) is 11.8. The van der Waals surface area contributed by atoms with E-state index in [9.17, 15) is 27.6 Å². The predicted octanol–water partition coefficient (Wildman–Crippen LogP) is 5.20. The van der Waals surface area contributed by atoms with Crippen molar-refractivity contribution in [2.24, 2.45) is 23.2 Å². The molecule has 4 fully saturated rings. The maximum Gasteiger partial charge on any atom is 0.306 e. The Labute approximate surface area is 300 Å². The number of allylic oxidation sites excluding steroid dienone is 1. The Balaban J connectivity index is 1.20. The highest BCUT2D eigenvalue weighted by molar-refractivity contribution is 7.90. The summed E-state index contributed by atoms with van der Waals surface area (Å²) in [7, 11) is -3.83. The van der Waals surface area contributed by atoms with Crippen molar-refractivity contribution in [3.05, 3.63) is 48.7 Å². The Bertz CT molecular complexity index is 1800. The summed E-state index contributed by atoms with van der Waals surface area (Å²) in [6.45, 7) is 4.25. The van der Waals surface area contributed by atoms with Gasteiger partial charge in [0.1, 0.15) is 6.10 Å². The molecule has 274 valence electrons. The maximum atomic E-state index is 14.7. The first kappa shape index (κ1) is 35.6. The van der Waals surface area contributed by atoms with E-state index in [4.69, 9.17) is 9.47 Å². The lowest BCUT2D eigenvalue weighted by atomic mass is 9.77. The van der Waals surface area contributed by atoms with E-state index >= 15 is 0 Å². The molecule has 7 rings (SSSR count). The number of hydrogen-bond acceptors (Lipinski definition) is 9. The summed E-state index contributed by atoms with van der Waals surface area (Å²) in [4.78, 5) is 62.1. The summed E-state index contributed by atoms with van der Waals surface area (Å²) in [6, 6.07) is 7.23. The molecule has 11 nitrogen and oxygen atoms in total. The number of Topliss-reactive ketones (excluding diaryl/α,β-unsaturated/α-hetero) is 1. The molecule has 3 saturated carbocycles. The minimum Gasteiger partial charge on any atom is -0.472 e. The van der Waals surface area contributed by atoms with Crippen LogP contribution in [-0.4, -0.2) is 72.4 Å². The number of carbonyl (C=O) groups excluding carboxylic acids is 4. The molecule has 2 aromatic rings. The van der Waals surface area contributed by atoms with Gasteiger partial charge in [0, 0.05) is 24.4 Å². The molecule has 3 aliphatic carbocycles. The molecule has 5 aliphatic rings. The number of fused-ring (bicyclic) bond motifs is 3. The Morgan fingerprint density at radius 3 is 2.57 bits per heavy atom. The van der Waals surface area contributed by atoms with E-state index in [-0.39, 0.29) is 49.3 Å². The van der Waals surface area contributed by atoms with Crippen molar-refractivity contribution in [3.63, 3.8) is 0 Å². The number of aryl methyl sites for hydroxylation is 1. The fourth-order valence-electron chi connectivity index (χ4n) is 8.57. The number of ketones is 1. The summed E-state index contributed by atoms with van der Waals surface area (Å²) in [5.74, 6) is -2.29. The molecule has 2 amide bonds. The van der Waals surface area contributed by atoms with Gasteiger partial charge in [-0.05, 0) is 92.7 Å². The van der Waals surface area contributed by atoms with Crippen LogP contribution in [-0.2, 0) is 40.4 Å². The number of pyridine rings is 1. The van der Waals surface area contributed by atoms with E-state index in [0.717, 1.165) is 74.1 Å². The number of rotatable bonds is 8. The van der Waals surface area contributed by atoms with Gasteiger partial charge in [0.05, 0.1) is 42.2 Å². The molecule has 1 aromatic heterocycles. The van der Waals surface area contributed by atoms with Gasteiger partial charge in [-0.1, -0.05) is 37.5 Å². The summed E-state index contributed by atoms with van der Waals surface area (Å²) in [5, 5.41) is 1.24. The van der Waals surface area contributed by atoms with Crippen molar-refractivity contribution in [2.75, 3.05) is 13.2 Å². The van der Waals surface area contributed by atoms with Crippen LogP contribution in [0.25, 0.3) is 10.8 Å². The molecule has 4 bridgehead atoms. The number of hydrogen-bond donors (Lipinski definition) is 1. The zero-order chi connectivity index (χ0) is 35.8. The molecule has 3 heterocycles. The number of amides is 2. The first-order valence-electron chi connectivity index (χ1n) is 18.8. The van der Waals surface area contributed by atoms with Crippen LogP contribution in [0.15, 0.2) is 43.1 Å². The van der Waals surface area contributed by atoms with Gasteiger partial charge >= 0.3 is 5.97 Å². The van der Waals surface area contributed by atoms with Crippen LogP contribution in [0.2, 0.25) is 0 Å². The molecule has 0 unspecified atom stereocenters. The van der Waals surface area contributed by atoms with Gasteiger partial charge in [0.2, 0.25) is 27.7 Å². The van der Waals surface area contributed by atoms with Crippen molar-refractivity contribution >= 4 is 44.4 Å². The van der Waals surface area contributed by atoms with Crippen LogP contribution in [0.5, 0.6) is 5.88 Å². The number of ether oxygens (including phenoxy) is 2. The Morgan fingerprint density at radius 2 is 1.82 bits per heavy atom. The van der Waals surface area contributed by atoms with Gasteiger partial charge in [-0.2, -0.15) is 0 Å². The topological polar surface area (TPSA) is 149 Å². The highest BCUT2D eigenvalue weighted by atomic mass is 32.2. The summed E-state index contributed by atoms with van der Waals surface area (Å²) < 4.78 is 39.9. The fraction of sp³-hybridized carbons (Fsp3) is 0.615. The molecule has 0 radical (unpaired) electrons. The summed E-state index contributed by atoms with van der Waals surface area (Å²) in [5.41, 5.74) is -0.112. The lowest BCUT2D eigenvalue weighted by Gasteiger charge is -2.34. The Morgan fingerprint density at radius 1 is 1.04 bits per heavy atom. The molecule has 5 atom stereocenters. The number of cyclic esters (lactones) is 1. The van der Waals surface area contributed by atoms with Crippen LogP contribution in [0.4, 0.5) is 0 Å². The van der Waals surface area contributed by atoms with E-state index in [1.54, 1.807) is 17.2 Å². The van der Waals surface area contributed by atoms with Crippen LogP contribution in [0, 0.1) is 23.2 Å². The van der Waals surface area contributed by atoms with E-state index in [1.807, 2.05) is 12.1 Å². The second-order valence-electron chi connectivity index (χ2n) is 15.4. The SMILES string of the molecule is C=C[C@@H]1C[C@]1(CC(=O)[C@@H]1C[C@@H]2CN1C(=O)[C@H](C1CCCCC1)CC(=O)OCCCCCc1ccc3ccnc(c3c1)O2)C(=O)NS(=O)(=O)C1CC1. The van der Waals surface area contributed by atoms with Gasteiger partial charge < -0.3 is 14.4 Å². The monoisotopic (exact) mass is 719 g/mol. The van der Waals surface area contributed by atoms with Gasteiger partial charge in [0.15, 0.2) is 5.78 Å². The molecule has 1 saturated heterocycles. The second kappa shape index (κ2) is 14.7. The van der Waals surface area contributed by atoms with Gasteiger partial charge in [-0.25, -0.2) is 13.4 Å². The van der Waals surface area contributed by atoms with E-state index in [2.05, 4.69) is 28.4 Å². The van der Waals surface area contributed by atoms with Crippen molar-refractivity contribution < 1.29 is 37.1 Å². The molecule has 12 heteroatoms. The number of nitrogens with zero attached hydrogens (tertiary/aromatic N) is 2. The fourth-order valence-corrected chi connectivity index (χ4v) is 9.96. The zero-order valence-electron chi connectivity index (χ0n) is 29.2. The van der Waals surface area contributed by atoms with Crippen molar-refractivity contribution in [1.29, 1.82) is 0 Å².